The van der Waals surface area contributed by atoms with E-state index in [1.807, 2.05) is 0 Å². The predicted octanol–water partition coefficient (Wildman–Crippen LogP) is -0.766. The predicted molar refractivity (Wildman–Crippen MR) is 30.1 cm³/mol. The Morgan fingerprint density at radius 2 is 1.75 bits per heavy atom. The van der Waals surface area contributed by atoms with E-state index in [9.17, 15) is 0 Å². The molecule has 4 N–H and O–H groups in total. The monoisotopic (exact) mass is 113 g/mol. The van der Waals surface area contributed by atoms with Crippen LogP contribution in [0.3, 0.4) is 0 Å². The third kappa shape index (κ3) is 1.53. The summed E-state index contributed by atoms with van der Waals surface area (Å²) >= 11 is 0. The molecule has 0 aliphatic heterocycles. The van der Waals surface area contributed by atoms with Crippen molar-refractivity contribution in [3.63, 3.8) is 0 Å². The van der Waals surface area contributed by atoms with E-state index in [0.29, 0.717) is 5.95 Å². The molecule has 8 heavy (non-hydrogen) atoms. The van der Waals surface area contributed by atoms with E-state index in [1.165, 1.54) is 0 Å². The minimum Gasteiger partial charge on any atom is -0.412 e. The Bertz CT molecular complexity index is 141. The van der Waals surface area contributed by atoms with Crippen LogP contribution >= 0.6 is 0 Å². The van der Waals surface area contributed by atoms with Gasteiger partial charge >= 0.3 is 0 Å². The molecule has 1 heterocycles. The van der Waals surface area contributed by atoms with Crippen molar-refractivity contribution in [1.82, 2.24) is 9.97 Å². The molecule has 0 aliphatic rings. The molecule has 0 fully saturated rings. The number of nitrogens with two attached hydrogens (primary N) is 1. The molecular weight excluding hydrogens is 106 g/mol. The average molecular weight is 113 g/mol. The van der Waals surface area contributed by atoms with Crippen LogP contribution in [-0.2, 0) is 0 Å². The van der Waals surface area contributed by atoms with E-state index in [0.717, 1.165) is 0 Å². The van der Waals surface area contributed by atoms with Crippen molar-refractivity contribution in [2.45, 2.75) is 0 Å². The Labute approximate surface area is 46.7 Å². The second-order valence-corrected chi connectivity index (χ2v) is 1.11. The molecule has 0 amide bonds. The summed E-state index contributed by atoms with van der Waals surface area (Å²) in [4.78, 5) is 7.29. The van der Waals surface area contributed by atoms with Crippen molar-refractivity contribution in [3.8, 4) is 0 Å². The molecule has 0 unspecified atom stereocenters. The fourth-order valence-corrected chi connectivity index (χ4v) is 0.311. The summed E-state index contributed by atoms with van der Waals surface area (Å²) < 4.78 is 0. The number of aromatic nitrogens is 2. The second-order valence-electron chi connectivity index (χ2n) is 1.11. The normalized spacial score (nSPS) is 7.50. The minimum absolute atomic E-state index is 0. The Balaban J connectivity index is 0.000000490. The average Bonchev–Trinajstić information content (AvgIpc) is 1.69. The Kier molecular flexibility index (Phi) is 2.50. The number of hydrogen-bond donors (Lipinski definition) is 1. The molecule has 0 aromatic carbocycles. The first-order valence-corrected chi connectivity index (χ1v) is 1.92. The van der Waals surface area contributed by atoms with E-state index in [-0.39, 0.29) is 5.48 Å². The van der Waals surface area contributed by atoms with Gasteiger partial charge in [0.15, 0.2) is 0 Å². The van der Waals surface area contributed by atoms with Gasteiger partial charge in [-0.3, -0.25) is 0 Å². The lowest BCUT2D eigenvalue weighted by Gasteiger charge is -1.82. The van der Waals surface area contributed by atoms with E-state index in [2.05, 4.69) is 9.97 Å². The van der Waals surface area contributed by atoms with E-state index < -0.39 is 0 Å². The van der Waals surface area contributed by atoms with Crippen LogP contribution in [0.15, 0.2) is 18.5 Å². The highest BCUT2D eigenvalue weighted by molar-refractivity contribution is 5.11. The lowest BCUT2D eigenvalue weighted by atomic mass is 10.7. The van der Waals surface area contributed by atoms with Gasteiger partial charge in [-0.25, -0.2) is 9.97 Å². The maximum absolute atomic E-state index is 5.14. The molecular formula is C4H7N3O. The summed E-state index contributed by atoms with van der Waals surface area (Å²) in [5.74, 6) is 0.322. The van der Waals surface area contributed by atoms with Crippen LogP contribution in [0, 0.1) is 0 Å². The lowest BCUT2D eigenvalue weighted by Crippen LogP contribution is -1.90. The van der Waals surface area contributed by atoms with Crippen LogP contribution in [-0.4, -0.2) is 15.4 Å². The van der Waals surface area contributed by atoms with Gasteiger partial charge in [0, 0.05) is 12.4 Å². The lowest BCUT2D eigenvalue weighted by molar-refractivity contribution is 0.824. The summed E-state index contributed by atoms with van der Waals surface area (Å²) in [5.41, 5.74) is 5.14. The van der Waals surface area contributed by atoms with Crippen molar-refractivity contribution in [2.24, 2.45) is 0 Å². The van der Waals surface area contributed by atoms with Crippen molar-refractivity contribution < 1.29 is 5.48 Å². The molecule has 0 saturated carbocycles. The topological polar surface area (TPSA) is 83.3 Å². The maximum atomic E-state index is 5.14. The molecule has 1 aromatic heterocycles. The van der Waals surface area contributed by atoms with Gasteiger partial charge in [0.2, 0.25) is 5.95 Å². The summed E-state index contributed by atoms with van der Waals surface area (Å²) in [7, 11) is 0. The SMILES string of the molecule is Nc1ncccn1.O. The molecule has 1 rings (SSSR count). The second kappa shape index (κ2) is 2.92. The van der Waals surface area contributed by atoms with Gasteiger partial charge in [0.05, 0.1) is 0 Å². The molecule has 1 aromatic rings. The van der Waals surface area contributed by atoms with Crippen LogP contribution in [0.25, 0.3) is 0 Å². The van der Waals surface area contributed by atoms with Gasteiger partial charge in [-0.2, -0.15) is 0 Å². The Morgan fingerprint density at radius 1 is 1.25 bits per heavy atom. The number of rotatable bonds is 0. The highest BCUT2D eigenvalue weighted by Crippen LogP contribution is 1.81. The zero-order chi connectivity index (χ0) is 5.11. The first kappa shape index (κ1) is 6.84. The largest absolute Gasteiger partial charge is 0.412 e. The van der Waals surface area contributed by atoms with E-state index in [4.69, 9.17) is 5.73 Å². The molecule has 0 radical (unpaired) electrons. The van der Waals surface area contributed by atoms with Crippen molar-refractivity contribution >= 4 is 5.95 Å². The van der Waals surface area contributed by atoms with E-state index >= 15 is 0 Å². The van der Waals surface area contributed by atoms with Crippen LogP contribution in [0.4, 0.5) is 5.95 Å². The van der Waals surface area contributed by atoms with Crippen LogP contribution in [0.5, 0.6) is 0 Å². The van der Waals surface area contributed by atoms with Crippen LogP contribution in [0.1, 0.15) is 0 Å². The third-order valence-corrected chi connectivity index (χ3v) is 0.586. The minimum atomic E-state index is 0. The zero-order valence-electron chi connectivity index (χ0n) is 4.20. The molecule has 0 saturated heterocycles. The molecule has 4 heteroatoms. The quantitative estimate of drug-likeness (QED) is 0.479. The van der Waals surface area contributed by atoms with Crippen molar-refractivity contribution in [3.05, 3.63) is 18.5 Å². The van der Waals surface area contributed by atoms with Crippen LogP contribution in [0.2, 0.25) is 0 Å². The first-order chi connectivity index (χ1) is 3.39. The van der Waals surface area contributed by atoms with Gasteiger partial charge < -0.3 is 11.2 Å². The van der Waals surface area contributed by atoms with Crippen molar-refractivity contribution in [1.29, 1.82) is 0 Å². The fraction of sp³-hybridized carbons (Fsp3) is 0. The summed E-state index contributed by atoms with van der Waals surface area (Å²) in [6.07, 6.45) is 3.20. The Morgan fingerprint density at radius 3 is 2.00 bits per heavy atom. The number of hydrogen-bond acceptors (Lipinski definition) is 3. The molecule has 0 aliphatic carbocycles. The third-order valence-electron chi connectivity index (χ3n) is 0.586. The highest BCUT2D eigenvalue weighted by atomic mass is 16.0. The fourth-order valence-electron chi connectivity index (χ4n) is 0.311. The molecule has 44 valence electrons. The molecule has 0 bridgehead atoms. The van der Waals surface area contributed by atoms with Gasteiger partial charge in [-0.05, 0) is 6.07 Å². The van der Waals surface area contributed by atoms with Gasteiger partial charge in [0.1, 0.15) is 0 Å². The van der Waals surface area contributed by atoms with Gasteiger partial charge in [-0.1, -0.05) is 0 Å². The van der Waals surface area contributed by atoms with Crippen LogP contribution < -0.4 is 5.73 Å². The first-order valence-electron chi connectivity index (χ1n) is 1.92. The summed E-state index contributed by atoms with van der Waals surface area (Å²) in [6, 6.07) is 1.72. The van der Waals surface area contributed by atoms with E-state index in [1.54, 1.807) is 18.5 Å². The Hall–Kier alpha value is -1.16. The smallest absolute Gasteiger partial charge is 0.219 e. The maximum Gasteiger partial charge on any atom is 0.219 e. The summed E-state index contributed by atoms with van der Waals surface area (Å²) in [6.45, 7) is 0. The number of nitrogens with zero attached hydrogens (tertiary/aromatic N) is 2. The molecule has 4 nitrogen and oxygen atoms in total. The number of anilines is 1. The van der Waals surface area contributed by atoms with Crippen molar-refractivity contribution in [2.75, 3.05) is 5.73 Å². The standard InChI is InChI=1S/C4H5N3.H2O/c5-4-6-2-1-3-7-4;/h1-3H,(H2,5,6,7);1H2. The van der Waals surface area contributed by atoms with Gasteiger partial charge in [-0.15, -0.1) is 0 Å². The number of nitrogen functional groups attached to an aromatic ring is 1. The van der Waals surface area contributed by atoms with Gasteiger partial charge in [0.25, 0.3) is 0 Å². The highest BCUT2D eigenvalue weighted by Gasteiger charge is 1.75. The summed E-state index contributed by atoms with van der Waals surface area (Å²) in [5, 5.41) is 0. The molecule has 0 atom stereocenters. The zero-order valence-corrected chi connectivity index (χ0v) is 4.20. The molecule has 0 spiro atoms.